The number of amides is 2. The number of hydrogen-bond donors (Lipinski definition) is 1. The summed E-state index contributed by atoms with van der Waals surface area (Å²) in [7, 11) is 3.43. The van der Waals surface area contributed by atoms with E-state index in [1.807, 2.05) is 36.4 Å². The maximum atomic E-state index is 11.5. The van der Waals surface area contributed by atoms with Crippen LogP contribution in [0.25, 0.3) is 0 Å². The first kappa shape index (κ1) is 13.1. The Kier molecular flexibility index (Phi) is 4.13. The Morgan fingerprint density at radius 1 is 1.05 bits per heavy atom. The molecule has 19 heavy (non-hydrogen) atoms. The predicted octanol–water partition coefficient (Wildman–Crippen LogP) is 2.77. The van der Waals surface area contributed by atoms with Crippen LogP contribution in [0, 0.1) is 0 Å². The van der Waals surface area contributed by atoms with Crippen molar-refractivity contribution >= 4 is 11.7 Å². The average molecular weight is 255 g/mol. The molecule has 0 radical (unpaired) electrons. The lowest BCUT2D eigenvalue weighted by Gasteiger charge is -2.12. The molecular weight excluding hydrogens is 238 g/mol. The van der Waals surface area contributed by atoms with Crippen molar-refractivity contribution in [3.63, 3.8) is 0 Å². The Morgan fingerprint density at radius 2 is 1.63 bits per heavy atom. The summed E-state index contributed by atoms with van der Waals surface area (Å²) in [6, 6.07) is 11.7. The minimum atomic E-state index is -0.123. The van der Waals surface area contributed by atoms with Gasteiger partial charge in [0.1, 0.15) is 0 Å². The Bertz CT molecular complexity index is 535. The molecule has 2 rings (SSSR count). The van der Waals surface area contributed by atoms with Gasteiger partial charge in [0.05, 0.1) is 0 Å². The van der Waals surface area contributed by atoms with Crippen LogP contribution in [0.1, 0.15) is 11.1 Å². The van der Waals surface area contributed by atoms with Crippen LogP contribution in [0.4, 0.5) is 10.5 Å². The molecule has 0 saturated carbocycles. The molecule has 0 spiro atoms. The van der Waals surface area contributed by atoms with Crippen molar-refractivity contribution in [2.24, 2.45) is 0 Å². The van der Waals surface area contributed by atoms with Gasteiger partial charge in [-0.25, -0.2) is 4.79 Å². The maximum absolute atomic E-state index is 11.5. The Balaban J connectivity index is 2.01. The summed E-state index contributed by atoms with van der Waals surface area (Å²) >= 11 is 0. The summed E-state index contributed by atoms with van der Waals surface area (Å²) in [5, 5.41) is 2.81. The largest absolute Gasteiger partial charge is 0.331 e. The van der Waals surface area contributed by atoms with E-state index in [-0.39, 0.29) is 6.03 Å². The first-order valence-corrected chi connectivity index (χ1v) is 6.11. The standard InChI is InChI=1S/C15H17N3O/c1-18(2)15(19)17-14-5-3-12(4-6-14)11-13-7-9-16-10-8-13/h3-10H,11H2,1-2H3,(H,17,19). The number of hydrogen-bond acceptors (Lipinski definition) is 2. The fraction of sp³-hybridized carbons (Fsp3) is 0.200. The van der Waals surface area contributed by atoms with Crippen molar-refractivity contribution in [3.05, 3.63) is 59.9 Å². The zero-order valence-corrected chi connectivity index (χ0v) is 11.1. The summed E-state index contributed by atoms with van der Waals surface area (Å²) in [6.45, 7) is 0. The fourth-order valence-corrected chi connectivity index (χ4v) is 1.68. The first-order valence-electron chi connectivity index (χ1n) is 6.11. The number of nitrogens with one attached hydrogen (secondary N) is 1. The van der Waals surface area contributed by atoms with Gasteiger partial charge in [0.25, 0.3) is 0 Å². The monoisotopic (exact) mass is 255 g/mol. The highest BCUT2D eigenvalue weighted by atomic mass is 16.2. The van der Waals surface area contributed by atoms with Crippen LogP contribution in [0.5, 0.6) is 0 Å². The van der Waals surface area contributed by atoms with Crippen LogP contribution >= 0.6 is 0 Å². The summed E-state index contributed by atoms with van der Waals surface area (Å²) in [6.07, 6.45) is 4.45. The molecular formula is C15H17N3O. The highest BCUT2D eigenvalue weighted by molar-refractivity contribution is 5.88. The van der Waals surface area contributed by atoms with E-state index >= 15 is 0 Å². The lowest BCUT2D eigenvalue weighted by molar-refractivity contribution is 0.230. The van der Waals surface area contributed by atoms with E-state index in [9.17, 15) is 4.79 Å². The molecule has 1 heterocycles. The quantitative estimate of drug-likeness (QED) is 0.916. The third-order valence-electron chi connectivity index (χ3n) is 2.77. The normalized spacial score (nSPS) is 10.0. The summed E-state index contributed by atoms with van der Waals surface area (Å²) < 4.78 is 0. The Hall–Kier alpha value is -2.36. The summed E-state index contributed by atoms with van der Waals surface area (Å²) in [4.78, 5) is 17.0. The molecule has 0 aliphatic heterocycles. The molecule has 0 bridgehead atoms. The van der Waals surface area contributed by atoms with Gasteiger partial charge in [0.15, 0.2) is 0 Å². The molecule has 98 valence electrons. The van der Waals surface area contributed by atoms with Gasteiger partial charge < -0.3 is 10.2 Å². The third-order valence-corrected chi connectivity index (χ3v) is 2.77. The highest BCUT2D eigenvalue weighted by Crippen LogP contribution is 2.13. The van der Waals surface area contributed by atoms with Gasteiger partial charge >= 0.3 is 6.03 Å². The number of carbonyl (C=O) groups excluding carboxylic acids is 1. The van der Waals surface area contributed by atoms with Crippen LogP contribution < -0.4 is 5.32 Å². The molecule has 2 aromatic rings. The number of anilines is 1. The topological polar surface area (TPSA) is 45.2 Å². The van der Waals surface area contributed by atoms with Crippen molar-refractivity contribution in [1.29, 1.82) is 0 Å². The van der Waals surface area contributed by atoms with Crippen molar-refractivity contribution in [3.8, 4) is 0 Å². The van der Waals surface area contributed by atoms with Crippen LogP contribution in [-0.4, -0.2) is 30.0 Å². The zero-order valence-electron chi connectivity index (χ0n) is 11.1. The van der Waals surface area contributed by atoms with E-state index in [1.165, 1.54) is 16.0 Å². The molecule has 1 aromatic carbocycles. The van der Waals surface area contributed by atoms with Gasteiger partial charge in [-0.3, -0.25) is 4.98 Å². The minimum Gasteiger partial charge on any atom is -0.331 e. The molecule has 4 nitrogen and oxygen atoms in total. The van der Waals surface area contributed by atoms with E-state index < -0.39 is 0 Å². The molecule has 0 fully saturated rings. The Labute approximate surface area is 113 Å². The lowest BCUT2D eigenvalue weighted by Crippen LogP contribution is -2.27. The molecule has 2 amide bonds. The van der Waals surface area contributed by atoms with E-state index in [2.05, 4.69) is 10.3 Å². The zero-order chi connectivity index (χ0) is 13.7. The minimum absolute atomic E-state index is 0.123. The van der Waals surface area contributed by atoms with E-state index in [0.29, 0.717) is 0 Å². The second-order valence-corrected chi connectivity index (χ2v) is 4.55. The maximum Gasteiger partial charge on any atom is 0.321 e. The van der Waals surface area contributed by atoms with Gasteiger partial charge in [-0.15, -0.1) is 0 Å². The number of nitrogens with zero attached hydrogens (tertiary/aromatic N) is 2. The van der Waals surface area contributed by atoms with Crippen molar-refractivity contribution in [1.82, 2.24) is 9.88 Å². The van der Waals surface area contributed by atoms with Gasteiger partial charge in [0.2, 0.25) is 0 Å². The van der Waals surface area contributed by atoms with Crippen LogP contribution in [-0.2, 0) is 6.42 Å². The van der Waals surface area contributed by atoms with Gasteiger partial charge in [-0.05, 0) is 41.8 Å². The van der Waals surface area contributed by atoms with Crippen molar-refractivity contribution in [2.45, 2.75) is 6.42 Å². The summed E-state index contributed by atoms with van der Waals surface area (Å²) in [5.74, 6) is 0. The lowest BCUT2D eigenvalue weighted by atomic mass is 10.1. The molecule has 0 aliphatic carbocycles. The van der Waals surface area contributed by atoms with E-state index in [1.54, 1.807) is 26.5 Å². The Morgan fingerprint density at radius 3 is 2.21 bits per heavy atom. The molecule has 1 N–H and O–H groups in total. The molecule has 4 heteroatoms. The number of carbonyl (C=O) groups is 1. The predicted molar refractivity (Wildman–Crippen MR) is 76.2 cm³/mol. The number of rotatable bonds is 3. The van der Waals surface area contributed by atoms with Crippen molar-refractivity contribution in [2.75, 3.05) is 19.4 Å². The fourth-order valence-electron chi connectivity index (χ4n) is 1.68. The first-order chi connectivity index (χ1) is 9.15. The molecule has 0 atom stereocenters. The second kappa shape index (κ2) is 6.00. The third kappa shape index (κ3) is 3.81. The molecule has 0 aliphatic rings. The van der Waals surface area contributed by atoms with Gasteiger partial charge in [-0.2, -0.15) is 0 Å². The van der Waals surface area contributed by atoms with Crippen LogP contribution in [0.2, 0.25) is 0 Å². The molecule has 0 saturated heterocycles. The number of urea groups is 1. The molecule has 0 unspecified atom stereocenters. The highest BCUT2D eigenvalue weighted by Gasteiger charge is 2.03. The van der Waals surface area contributed by atoms with E-state index in [4.69, 9.17) is 0 Å². The van der Waals surface area contributed by atoms with Crippen molar-refractivity contribution < 1.29 is 4.79 Å². The average Bonchev–Trinajstić information content (AvgIpc) is 2.42. The van der Waals surface area contributed by atoms with Gasteiger partial charge in [-0.1, -0.05) is 12.1 Å². The van der Waals surface area contributed by atoms with Crippen LogP contribution in [0.15, 0.2) is 48.8 Å². The molecule has 1 aromatic heterocycles. The SMILES string of the molecule is CN(C)C(=O)Nc1ccc(Cc2ccncc2)cc1. The number of benzene rings is 1. The van der Waals surface area contributed by atoms with Crippen LogP contribution in [0.3, 0.4) is 0 Å². The number of pyridine rings is 1. The smallest absolute Gasteiger partial charge is 0.321 e. The summed E-state index contributed by atoms with van der Waals surface area (Å²) in [5.41, 5.74) is 3.23. The number of aromatic nitrogens is 1. The van der Waals surface area contributed by atoms with E-state index in [0.717, 1.165) is 12.1 Å². The second-order valence-electron chi connectivity index (χ2n) is 4.55. The van der Waals surface area contributed by atoms with Gasteiger partial charge in [0, 0.05) is 32.2 Å².